The molecule has 1 unspecified atom stereocenters. The zero-order valence-electron chi connectivity index (χ0n) is 11.4. The molecule has 1 aliphatic heterocycles. The highest BCUT2D eigenvalue weighted by atomic mass is 16.5. The molecule has 2 aromatic rings. The summed E-state index contributed by atoms with van der Waals surface area (Å²) < 4.78 is 11.3. The molecule has 0 aromatic heterocycles. The first-order valence-corrected chi connectivity index (χ1v) is 7.04. The van der Waals surface area contributed by atoms with Gasteiger partial charge >= 0.3 is 0 Å². The van der Waals surface area contributed by atoms with Crippen molar-refractivity contribution in [3.63, 3.8) is 0 Å². The van der Waals surface area contributed by atoms with Gasteiger partial charge in [-0.3, -0.25) is 0 Å². The average molecular weight is 269 g/mol. The second-order valence-electron chi connectivity index (χ2n) is 4.91. The Bertz CT molecular complexity index is 542. The van der Waals surface area contributed by atoms with Crippen molar-refractivity contribution in [3.05, 3.63) is 60.2 Å². The summed E-state index contributed by atoms with van der Waals surface area (Å²) in [5.41, 5.74) is 1.31. The minimum atomic E-state index is 0.447. The lowest BCUT2D eigenvalue weighted by Gasteiger charge is -2.11. The van der Waals surface area contributed by atoms with Crippen molar-refractivity contribution in [1.29, 1.82) is 0 Å². The van der Waals surface area contributed by atoms with Gasteiger partial charge in [-0.2, -0.15) is 0 Å². The SMILES string of the molecule is c1ccc(OCCNCC2COc3ccccc32)cc1. The van der Waals surface area contributed by atoms with Gasteiger partial charge in [0.05, 0.1) is 6.61 Å². The number of para-hydroxylation sites is 2. The number of rotatable bonds is 6. The van der Waals surface area contributed by atoms with Crippen molar-refractivity contribution >= 4 is 0 Å². The summed E-state index contributed by atoms with van der Waals surface area (Å²) in [4.78, 5) is 0. The number of ether oxygens (including phenoxy) is 2. The molecule has 20 heavy (non-hydrogen) atoms. The summed E-state index contributed by atoms with van der Waals surface area (Å²) in [6, 6.07) is 18.2. The molecule has 0 spiro atoms. The third-order valence-electron chi connectivity index (χ3n) is 3.48. The van der Waals surface area contributed by atoms with Crippen LogP contribution in [0.3, 0.4) is 0 Å². The predicted octanol–water partition coefficient (Wildman–Crippen LogP) is 2.83. The average Bonchev–Trinajstić information content (AvgIpc) is 2.91. The molecule has 3 heteroatoms. The van der Waals surface area contributed by atoms with E-state index in [0.717, 1.165) is 31.2 Å². The number of hydrogen-bond donors (Lipinski definition) is 1. The third kappa shape index (κ3) is 3.11. The van der Waals surface area contributed by atoms with Crippen LogP contribution in [0.1, 0.15) is 11.5 Å². The Morgan fingerprint density at radius 1 is 1.05 bits per heavy atom. The molecule has 0 fully saturated rings. The van der Waals surface area contributed by atoms with E-state index in [1.807, 2.05) is 42.5 Å². The number of fused-ring (bicyclic) bond motifs is 1. The van der Waals surface area contributed by atoms with Crippen LogP contribution in [0.4, 0.5) is 0 Å². The number of nitrogens with one attached hydrogen (secondary N) is 1. The molecular weight excluding hydrogens is 250 g/mol. The quantitative estimate of drug-likeness (QED) is 0.818. The van der Waals surface area contributed by atoms with Crippen LogP contribution in [0.2, 0.25) is 0 Å². The van der Waals surface area contributed by atoms with Gasteiger partial charge in [-0.1, -0.05) is 36.4 Å². The van der Waals surface area contributed by atoms with Gasteiger partial charge in [-0.15, -0.1) is 0 Å². The van der Waals surface area contributed by atoms with Gasteiger partial charge in [-0.05, 0) is 18.2 Å². The molecule has 104 valence electrons. The van der Waals surface area contributed by atoms with E-state index in [9.17, 15) is 0 Å². The first-order valence-electron chi connectivity index (χ1n) is 7.04. The van der Waals surface area contributed by atoms with Crippen molar-refractivity contribution in [2.24, 2.45) is 0 Å². The van der Waals surface area contributed by atoms with Crippen LogP contribution in [0.5, 0.6) is 11.5 Å². The van der Waals surface area contributed by atoms with Crippen LogP contribution >= 0.6 is 0 Å². The van der Waals surface area contributed by atoms with E-state index in [1.165, 1.54) is 5.56 Å². The summed E-state index contributed by atoms with van der Waals surface area (Å²) in [5, 5.41) is 3.43. The molecule has 0 saturated carbocycles. The van der Waals surface area contributed by atoms with E-state index in [1.54, 1.807) is 0 Å². The second-order valence-corrected chi connectivity index (χ2v) is 4.91. The van der Waals surface area contributed by atoms with Crippen LogP contribution in [-0.2, 0) is 0 Å². The van der Waals surface area contributed by atoms with E-state index in [-0.39, 0.29) is 0 Å². The molecule has 3 nitrogen and oxygen atoms in total. The zero-order valence-corrected chi connectivity index (χ0v) is 11.4. The second kappa shape index (κ2) is 6.44. The Balaban J connectivity index is 1.39. The maximum absolute atomic E-state index is 5.67. The third-order valence-corrected chi connectivity index (χ3v) is 3.48. The highest BCUT2D eigenvalue weighted by molar-refractivity contribution is 5.39. The zero-order chi connectivity index (χ0) is 13.6. The standard InChI is InChI=1S/C17H19NO2/c1-2-6-15(7-3-1)19-11-10-18-12-14-13-20-17-9-5-4-8-16(14)17/h1-9,14,18H,10-13H2. The lowest BCUT2D eigenvalue weighted by Crippen LogP contribution is -2.26. The van der Waals surface area contributed by atoms with Gasteiger partial charge in [0, 0.05) is 24.6 Å². The fourth-order valence-corrected chi connectivity index (χ4v) is 2.43. The van der Waals surface area contributed by atoms with Crippen LogP contribution in [0.25, 0.3) is 0 Å². The monoisotopic (exact) mass is 269 g/mol. The van der Waals surface area contributed by atoms with Crippen LogP contribution in [0.15, 0.2) is 54.6 Å². The summed E-state index contributed by atoms with van der Waals surface area (Å²) in [6.07, 6.45) is 0. The Labute approximate surface area is 119 Å². The lowest BCUT2D eigenvalue weighted by atomic mass is 10.0. The van der Waals surface area contributed by atoms with Crippen LogP contribution in [-0.4, -0.2) is 26.3 Å². The lowest BCUT2D eigenvalue weighted by molar-refractivity contribution is 0.301. The van der Waals surface area contributed by atoms with Gasteiger partial charge in [-0.25, -0.2) is 0 Å². The molecule has 2 aromatic carbocycles. The molecule has 0 bridgehead atoms. The highest BCUT2D eigenvalue weighted by Crippen LogP contribution is 2.32. The Hall–Kier alpha value is -2.00. The first-order chi connectivity index (χ1) is 9.93. The van der Waals surface area contributed by atoms with Crippen LogP contribution in [0, 0.1) is 0 Å². The molecule has 1 atom stereocenters. The summed E-state index contributed by atoms with van der Waals surface area (Å²) in [7, 11) is 0. The van der Waals surface area contributed by atoms with Crippen molar-refractivity contribution in [1.82, 2.24) is 5.32 Å². The maximum atomic E-state index is 5.67. The van der Waals surface area contributed by atoms with E-state index >= 15 is 0 Å². The Morgan fingerprint density at radius 3 is 2.75 bits per heavy atom. The smallest absolute Gasteiger partial charge is 0.122 e. The van der Waals surface area contributed by atoms with Crippen molar-refractivity contribution < 1.29 is 9.47 Å². The summed E-state index contributed by atoms with van der Waals surface area (Å²) in [6.45, 7) is 3.22. The normalized spacial score (nSPS) is 16.5. The molecule has 0 saturated heterocycles. The molecule has 1 aliphatic rings. The fraction of sp³-hybridized carbons (Fsp3) is 0.294. The molecule has 3 rings (SSSR count). The summed E-state index contributed by atoms with van der Waals surface area (Å²) in [5.74, 6) is 2.40. The molecule has 0 amide bonds. The Morgan fingerprint density at radius 2 is 1.85 bits per heavy atom. The predicted molar refractivity (Wildman–Crippen MR) is 79.5 cm³/mol. The van der Waals surface area contributed by atoms with Gasteiger partial charge in [0.1, 0.15) is 18.1 Å². The van der Waals surface area contributed by atoms with Gasteiger partial charge in [0.25, 0.3) is 0 Å². The molecule has 1 N–H and O–H groups in total. The minimum Gasteiger partial charge on any atom is -0.493 e. The maximum Gasteiger partial charge on any atom is 0.122 e. The Kier molecular flexibility index (Phi) is 4.19. The molecule has 0 aliphatic carbocycles. The van der Waals surface area contributed by atoms with Crippen molar-refractivity contribution in [2.45, 2.75) is 5.92 Å². The topological polar surface area (TPSA) is 30.5 Å². The van der Waals surface area contributed by atoms with E-state index in [0.29, 0.717) is 12.5 Å². The number of hydrogen-bond acceptors (Lipinski definition) is 3. The highest BCUT2D eigenvalue weighted by Gasteiger charge is 2.22. The van der Waals surface area contributed by atoms with Crippen molar-refractivity contribution in [3.8, 4) is 11.5 Å². The largest absolute Gasteiger partial charge is 0.493 e. The first kappa shape index (κ1) is 13.0. The summed E-state index contributed by atoms with van der Waals surface area (Å²) >= 11 is 0. The molecule has 0 radical (unpaired) electrons. The van der Waals surface area contributed by atoms with E-state index in [2.05, 4.69) is 17.4 Å². The molecular formula is C17H19NO2. The molecule has 1 heterocycles. The van der Waals surface area contributed by atoms with Gasteiger partial charge in [0.15, 0.2) is 0 Å². The van der Waals surface area contributed by atoms with Crippen molar-refractivity contribution in [2.75, 3.05) is 26.3 Å². The van der Waals surface area contributed by atoms with E-state index in [4.69, 9.17) is 9.47 Å². The van der Waals surface area contributed by atoms with E-state index < -0.39 is 0 Å². The minimum absolute atomic E-state index is 0.447. The van der Waals surface area contributed by atoms with Gasteiger partial charge in [0.2, 0.25) is 0 Å². The number of benzene rings is 2. The van der Waals surface area contributed by atoms with Crippen LogP contribution < -0.4 is 14.8 Å². The van der Waals surface area contributed by atoms with Gasteiger partial charge < -0.3 is 14.8 Å². The fourth-order valence-electron chi connectivity index (χ4n) is 2.43.